The molecular weight excluding hydrogens is 245 g/mol. The molecule has 1 atom stereocenters. The lowest BCUT2D eigenvalue weighted by atomic mass is 10.1. The van der Waals surface area contributed by atoms with Crippen molar-refractivity contribution in [2.75, 3.05) is 6.54 Å². The summed E-state index contributed by atoms with van der Waals surface area (Å²) < 4.78 is 12.8. The molecule has 0 aliphatic carbocycles. The van der Waals surface area contributed by atoms with Crippen LogP contribution in [0.4, 0.5) is 4.39 Å². The van der Waals surface area contributed by atoms with Crippen LogP contribution in [0.15, 0.2) is 35.7 Å². The number of benzene rings is 1. The van der Waals surface area contributed by atoms with Crippen molar-refractivity contribution in [3.8, 4) is 0 Å². The Kier molecular flexibility index (Phi) is 4.50. The summed E-state index contributed by atoms with van der Waals surface area (Å²) in [5, 5.41) is 5.63. The average molecular weight is 263 g/mol. The van der Waals surface area contributed by atoms with Crippen molar-refractivity contribution < 1.29 is 4.39 Å². The van der Waals surface area contributed by atoms with Gasteiger partial charge in [0.15, 0.2) is 0 Å². The van der Waals surface area contributed by atoms with Gasteiger partial charge in [-0.25, -0.2) is 4.39 Å². The molecule has 1 aromatic heterocycles. The summed E-state index contributed by atoms with van der Waals surface area (Å²) in [6.45, 7) is 5.23. The van der Waals surface area contributed by atoms with Gasteiger partial charge in [0.25, 0.3) is 0 Å². The van der Waals surface area contributed by atoms with Gasteiger partial charge in [0, 0.05) is 10.9 Å². The molecule has 1 unspecified atom stereocenters. The summed E-state index contributed by atoms with van der Waals surface area (Å²) >= 11 is 1.79. The predicted molar refractivity (Wildman–Crippen MR) is 75.6 cm³/mol. The summed E-state index contributed by atoms with van der Waals surface area (Å²) in [4.78, 5) is 1.40. The highest BCUT2D eigenvalue weighted by molar-refractivity contribution is 7.10. The Hall–Kier alpha value is -1.19. The largest absolute Gasteiger partial charge is 0.309 e. The third-order valence-corrected chi connectivity index (χ3v) is 4.27. The fraction of sp³-hybridized carbons (Fsp3) is 0.333. The van der Waals surface area contributed by atoms with Crippen LogP contribution >= 0.6 is 11.3 Å². The molecule has 1 N–H and O–H groups in total. The molecule has 0 spiro atoms. The topological polar surface area (TPSA) is 12.0 Å². The zero-order valence-corrected chi connectivity index (χ0v) is 11.6. The number of nitrogens with one attached hydrogen (secondary N) is 1. The van der Waals surface area contributed by atoms with Crippen LogP contribution in [0, 0.1) is 12.7 Å². The van der Waals surface area contributed by atoms with Gasteiger partial charge < -0.3 is 5.32 Å². The van der Waals surface area contributed by atoms with Gasteiger partial charge >= 0.3 is 0 Å². The SMILES string of the molecule is Cc1ccsc1C(C)NCCc1ccc(F)cc1. The molecule has 18 heavy (non-hydrogen) atoms. The first-order valence-corrected chi connectivity index (χ1v) is 7.06. The maximum Gasteiger partial charge on any atom is 0.123 e. The van der Waals surface area contributed by atoms with E-state index in [-0.39, 0.29) is 5.82 Å². The Bertz CT molecular complexity index is 489. The molecule has 0 saturated carbocycles. The fourth-order valence-corrected chi connectivity index (χ4v) is 2.96. The van der Waals surface area contributed by atoms with Crippen LogP contribution in [0.1, 0.15) is 29.0 Å². The van der Waals surface area contributed by atoms with Crippen LogP contribution in [0.2, 0.25) is 0 Å². The number of hydrogen-bond acceptors (Lipinski definition) is 2. The van der Waals surface area contributed by atoms with Crippen molar-refractivity contribution >= 4 is 11.3 Å². The standard InChI is InChI=1S/C15H18FNS/c1-11-8-10-18-15(11)12(2)17-9-7-13-3-5-14(16)6-4-13/h3-6,8,10,12,17H,7,9H2,1-2H3. The second-order valence-corrected chi connectivity index (χ2v) is 5.47. The second kappa shape index (κ2) is 6.12. The van der Waals surface area contributed by atoms with E-state index in [0.29, 0.717) is 6.04 Å². The first-order chi connectivity index (χ1) is 8.66. The average Bonchev–Trinajstić information content (AvgIpc) is 2.78. The summed E-state index contributed by atoms with van der Waals surface area (Å²) in [5.41, 5.74) is 2.51. The number of aryl methyl sites for hydroxylation is 1. The first kappa shape index (κ1) is 13.2. The van der Waals surface area contributed by atoms with E-state index in [9.17, 15) is 4.39 Å². The van der Waals surface area contributed by atoms with E-state index in [1.54, 1.807) is 11.3 Å². The minimum atomic E-state index is -0.172. The minimum absolute atomic E-state index is 0.172. The Morgan fingerprint density at radius 2 is 1.94 bits per heavy atom. The van der Waals surface area contributed by atoms with Gasteiger partial charge in [-0.1, -0.05) is 12.1 Å². The predicted octanol–water partition coefficient (Wildman–Crippen LogP) is 4.09. The molecule has 0 amide bonds. The second-order valence-electron chi connectivity index (χ2n) is 4.52. The van der Waals surface area contributed by atoms with Crippen LogP contribution in [-0.4, -0.2) is 6.54 Å². The molecule has 96 valence electrons. The van der Waals surface area contributed by atoms with Gasteiger partial charge in [-0.05, 0) is 61.5 Å². The van der Waals surface area contributed by atoms with Crippen molar-refractivity contribution in [2.45, 2.75) is 26.3 Å². The van der Waals surface area contributed by atoms with E-state index in [2.05, 4.69) is 30.6 Å². The van der Waals surface area contributed by atoms with E-state index < -0.39 is 0 Å². The summed E-state index contributed by atoms with van der Waals surface area (Å²) in [7, 11) is 0. The molecule has 1 nitrogen and oxygen atoms in total. The van der Waals surface area contributed by atoms with Crippen LogP contribution in [0.3, 0.4) is 0 Å². The van der Waals surface area contributed by atoms with Crippen molar-refractivity contribution in [3.05, 3.63) is 57.5 Å². The van der Waals surface area contributed by atoms with Crippen LogP contribution in [-0.2, 0) is 6.42 Å². The molecule has 1 heterocycles. The highest BCUT2D eigenvalue weighted by Crippen LogP contribution is 2.23. The molecule has 0 aliphatic rings. The van der Waals surface area contributed by atoms with Gasteiger partial charge in [0.05, 0.1) is 0 Å². The van der Waals surface area contributed by atoms with E-state index in [4.69, 9.17) is 0 Å². The maximum absolute atomic E-state index is 12.8. The number of hydrogen-bond donors (Lipinski definition) is 1. The quantitative estimate of drug-likeness (QED) is 0.856. The van der Waals surface area contributed by atoms with E-state index in [1.165, 1.54) is 28.1 Å². The summed E-state index contributed by atoms with van der Waals surface area (Å²) in [5.74, 6) is -0.172. The monoisotopic (exact) mass is 263 g/mol. The number of thiophene rings is 1. The smallest absolute Gasteiger partial charge is 0.123 e. The third kappa shape index (κ3) is 3.40. The fourth-order valence-electron chi connectivity index (χ4n) is 2.00. The summed E-state index contributed by atoms with van der Waals surface area (Å²) in [6.07, 6.45) is 0.926. The first-order valence-electron chi connectivity index (χ1n) is 6.18. The Balaban J connectivity index is 1.82. The lowest BCUT2D eigenvalue weighted by molar-refractivity contribution is 0.581. The molecule has 0 bridgehead atoms. The summed E-state index contributed by atoms with van der Waals surface area (Å²) in [6, 6.07) is 9.25. The van der Waals surface area contributed by atoms with Crippen molar-refractivity contribution in [3.63, 3.8) is 0 Å². The highest BCUT2D eigenvalue weighted by Gasteiger charge is 2.08. The Labute approximate surface area is 112 Å². The van der Waals surface area contributed by atoms with Crippen molar-refractivity contribution in [1.29, 1.82) is 0 Å². The highest BCUT2D eigenvalue weighted by atomic mass is 32.1. The van der Waals surface area contributed by atoms with Crippen molar-refractivity contribution in [1.82, 2.24) is 5.32 Å². The minimum Gasteiger partial charge on any atom is -0.309 e. The van der Waals surface area contributed by atoms with E-state index >= 15 is 0 Å². The van der Waals surface area contributed by atoms with Gasteiger partial charge in [-0.3, -0.25) is 0 Å². The lowest BCUT2D eigenvalue weighted by Gasteiger charge is -2.13. The van der Waals surface area contributed by atoms with Crippen LogP contribution in [0.5, 0.6) is 0 Å². The molecule has 1 aromatic carbocycles. The van der Waals surface area contributed by atoms with Crippen LogP contribution in [0.25, 0.3) is 0 Å². The number of halogens is 1. The van der Waals surface area contributed by atoms with Gasteiger partial charge in [-0.2, -0.15) is 0 Å². The van der Waals surface area contributed by atoms with Crippen molar-refractivity contribution in [2.24, 2.45) is 0 Å². The van der Waals surface area contributed by atoms with Gasteiger partial charge in [-0.15, -0.1) is 11.3 Å². The molecule has 2 aromatic rings. The van der Waals surface area contributed by atoms with E-state index in [1.807, 2.05) is 12.1 Å². The molecule has 0 aliphatic heterocycles. The van der Waals surface area contributed by atoms with Crippen LogP contribution < -0.4 is 5.32 Å². The van der Waals surface area contributed by atoms with Gasteiger partial charge in [0.1, 0.15) is 5.82 Å². The Morgan fingerprint density at radius 3 is 2.56 bits per heavy atom. The maximum atomic E-state index is 12.8. The van der Waals surface area contributed by atoms with E-state index in [0.717, 1.165) is 13.0 Å². The van der Waals surface area contributed by atoms with Gasteiger partial charge in [0.2, 0.25) is 0 Å². The normalized spacial score (nSPS) is 12.6. The Morgan fingerprint density at radius 1 is 1.22 bits per heavy atom. The molecule has 0 saturated heterocycles. The molecule has 3 heteroatoms. The molecule has 2 rings (SSSR count). The zero-order chi connectivity index (χ0) is 13.0. The number of rotatable bonds is 5. The molecule has 0 fully saturated rings. The molecular formula is C15H18FNS. The molecule has 0 radical (unpaired) electrons. The lowest BCUT2D eigenvalue weighted by Crippen LogP contribution is -2.21. The third-order valence-electron chi connectivity index (χ3n) is 3.07. The zero-order valence-electron chi connectivity index (χ0n) is 10.7.